The molecular formula is C19H18F3N5O2. The van der Waals surface area contributed by atoms with Crippen LogP contribution in [-0.4, -0.2) is 39.6 Å². The van der Waals surface area contributed by atoms with Gasteiger partial charge in [-0.3, -0.25) is 4.98 Å². The standard InChI is InChI=1S/C19H18F3N5O2/c20-19(21,22)29-15-4-1-3-14(11-15)25-17-12-16(13-5-8-23-9-6-13)26-18(27-17)24-7-2-10-28/h1,3-6,8-9,11-12,28H,2,7,10H2,(H2,24,25,26,27). The van der Waals surface area contributed by atoms with E-state index in [-0.39, 0.29) is 12.4 Å². The largest absolute Gasteiger partial charge is 0.573 e. The molecule has 2 heterocycles. The molecule has 0 unspecified atom stereocenters. The third kappa shape index (κ3) is 6.32. The topological polar surface area (TPSA) is 92.2 Å². The smallest absolute Gasteiger partial charge is 0.406 e. The lowest BCUT2D eigenvalue weighted by molar-refractivity contribution is -0.274. The maximum atomic E-state index is 12.4. The molecule has 0 aliphatic heterocycles. The zero-order chi connectivity index (χ0) is 20.7. The first-order valence-corrected chi connectivity index (χ1v) is 8.70. The number of nitrogens with one attached hydrogen (secondary N) is 2. The van der Waals surface area contributed by atoms with Gasteiger partial charge in [-0.15, -0.1) is 13.2 Å². The zero-order valence-electron chi connectivity index (χ0n) is 15.1. The number of rotatable bonds is 8. The van der Waals surface area contributed by atoms with Gasteiger partial charge in [-0.25, -0.2) is 4.98 Å². The summed E-state index contributed by atoms with van der Waals surface area (Å²) in [7, 11) is 0. The number of anilines is 3. The minimum absolute atomic E-state index is 0.0220. The lowest BCUT2D eigenvalue weighted by Crippen LogP contribution is -2.17. The summed E-state index contributed by atoms with van der Waals surface area (Å²) in [5, 5.41) is 14.9. The van der Waals surface area contributed by atoms with Crippen molar-refractivity contribution in [2.75, 3.05) is 23.8 Å². The molecule has 1 aromatic carbocycles. The quantitative estimate of drug-likeness (QED) is 0.488. The molecule has 152 valence electrons. The summed E-state index contributed by atoms with van der Waals surface area (Å²) >= 11 is 0. The molecule has 3 rings (SSSR count). The average Bonchev–Trinajstić information content (AvgIpc) is 2.68. The number of hydrogen-bond donors (Lipinski definition) is 3. The van der Waals surface area contributed by atoms with E-state index in [0.717, 1.165) is 5.56 Å². The van der Waals surface area contributed by atoms with E-state index < -0.39 is 6.36 Å². The molecule has 7 nitrogen and oxygen atoms in total. The molecule has 10 heteroatoms. The van der Waals surface area contributed by atoms with Crippen LogP contribution in [0.15, 0.2) is 54.9 Å². The van der Waals surface area contributed by atoms with E-state index in [1.165, 1.54) is 18.2 Å². The number of aromatic nitrogens is 3. The van der Waals surface area contributed by atoms with Crippen molar-refractivity contribution in [2.45, 2.75) is 12.8 Å². The fourth-order valence-corrected chi connectivity index (χ4v) is 2.46. The van der Waals surface area contributed by atoms with Crippen molar-refractivity contribution < 1.29 is 23.0 Å². The number of nitrogens with zero attached hydrogens (tertiary/aromatic N) is 3. The molecule has 2 aromatic heterocycles. The summed E-state index contributed by atoms with van der Waals surface area (Å²) in [6, 6.07) is 10.7. The van der Waals surface area contributed by atoms with Gasteiger partial charge in [0.1, 0.15) is 11.6 Å². The second-order valence-corrected chi connectivity index (χ2v) is 5.90. The predicted molar refractivity (Wildman–Crippen MR) is 102 cm³/mol. The molecule has 0 aliphatic rings. The van der Waals surface area contributed by atoms with Crippen LogP contribution in [0.4, 0.5) is 30.6 Å². The summed E-state index contributed by atoms with van der Waals surface area (Å²) in [5.74, 6) is 0.354. The average molecular weight is 405 g/mol. The van der Waals surface area contributed by atoms with Crippen LogP contribution in [0.25, 0.3) is 11.3 Å². The van der Waals surface area contributed by atoms with Gasteiger partial charge in [0.25, 0.3) is 0 Å². The van der Waals surface area contributed by atoms with Crippen LogP contribution in [0.2, 0.25) is 0 Å². The van der Waals surface area contributed by atoms with Crippen LogP contribution in [0, 0.1) is 0 Å². The molecule has 29 heavy (non-hydrogen) atoms. The SMILES string of the molecule is OCCCNc1nc(Nc2cccc(OC(F)(F)F)c2)cc(-c2ccncc2)n1. The van der Waals surface area contributed by atoms with E-state index in [0.29, 0.717) is 36.1 Å². The first kappa shape index (κ1) is 20.3. The Balaban J connectivity index is 1.87. The molecule has 0 aliphatic carbocycles. The number of ether oxygens (including phenoxy) is 1. The van der Waals surface area contributed by atoms with Crippen molar-refractivity contribution >= 4 is 17.5 Å². The first-order chi connectivity index (χ1) is 13.9. The first-order valence-electron chi connectivity index (χ1n) is 8.70. The van der Waals surface area contributed by atoms with Gasteiger partial charge < -0.3 is 20.5 Å². The Morgan fingerprint density at radius 3 is 2.55 bits per heavy atom. The second-order valence-electron chi connectivity index (χ2n) is 5.90. The lowest BCUT2D eigenvalue weighted by atomic mass is 10.2. The van der Waals surface area contributed by atoms with Crippen LogP contribution in [0.3, 0.4) is 0 Å². The van der Waals surface area contributed by atoms with Crippen LogP contribution < -0.4 is 15.4 Å². The molecule has 0 saturated carbocycles. The summed E-state index contributed by atoms with van der Waals surface area (Å²) in [4.78, 5) is 12.7. The minimum atomic E-state index is -4.77. The maximum absolute atomic E-state index is 12.4. The van der Waals surface area contributed by atoms with E-state index in [4.69, 9.17) is 5.11 Å². The van der Waals surface area contributed by atoms with Gasteiger partial charge in [-0.2, -0.15) is 4.98 Å². The van der Waals surface area contributed by atoms with E-state index >= 15 is 0 Å². The van der Waals surface area contributed by atoms with Crippen LogP contribution >= 0.6 is 0 Å². The van der Waals surface area contributed by atoms with E-state index in [1.54, 1.807) is 36.7 Å². The van der Waals surface area contributed by atoms with Crippen molar-refractivity contribution in [1.29, 1.82) is 0 Å². The van der Waals surface area contributed by atoms with Gasteiger partial charge in [0.2, 0.25) is 5.95 Å². The Hall–Kier alpha value is -3.40. The second kappa shape index (κ2) is 9.20. The molecule has 0 radical (unpaired) electrons. The monoisotopic (exact) mass is 405 g/mol. The fourth-order valence-electron chi connectivity index (χ4n) is 2.46. The number of pyridine rings is 1. The van der Waals surface area contributed by atoms with Crippen LogP contribution in [-0.2, 0) is 0 Å². The van der Waals surface area contributed by atoms with Gasteiger partial charge in [-0.05, 0) is 30.7 Å². The Bertz CT molecular complexity index is 939. The zero-order valence-corrected chi connectivity index (χ0v) is 15.1. The highest BCUT2D eigenvalue weighted by Crippen LogP contribution is 2.28. The molecule has 0 saturated heterocycles. The fraction of sp³-hybridized carbons (Fsp3) is 0.211. The molecule has 0 bridgehead atoms. The van der Waals surface area contributed by atoms with E-state index in [1.807, 2.05) is 0 Å². The van der Waals surface area contributed by atoms with Crippen molar-refractivity contribution in [3.05, 3.63) is 54.9 Å². The highest BCUT2D eigenvalue weighted by Gasteiger charge is 2.31. The van der Waals surface area contributed by atoms with E-state index in [2.05, 4.69) is 30.3 Å². The molecule has 0 spiro atoms. The molecule has 3 aromatic rings. The van der Waals surface area contributed by atoms with Crippen LogP contribution in [0.1, 0.15) is 6.42 Å². The Kier molecular flexibility index (Phi) is 6.45. The highest BCUT2D eigenvalue weighted by molar-refractivity contribution is 5.67. The lowest BCUT2D eigenvalue weighted by Gasteiger charge is -2.13. The van der Waals surface area contributed by atoms with Gasteiger partial charge in [0, 0.05) is 48.9 Å². The number of benzene rings is 1. The third-order valence-corrected chi connectivity index (χ3v) is 3.66. The molecule has 0 amide bonds. The molecular weight excluding hydrogens is 387 g/mol. The van der Waals surface area contributed by atoms with Crippen molar-refractivity contribution in [1.82, 2.24) is 15.0 Å². The van der Waals surface area contributed by atoms with Crippen molar-refractivity contribution in [3.8, 4) is 17.0 Å². The predicted octanol–water partition coefficient (Wildman–Crippen LogP) is 3.98. The summed E-state index contributed by atoms with van der Waals surface area (Å²) in [6.45, 7) is 0.485. The molecule has 0 fully saturated rings. The maximum Gasteiger partial charge on any atom is 0.573 e. The van der Waals surface area contributed by atoms with Crippen molar-refractivity contribution in [3.63, 3.8) is 0 Å². The van der Waals surface area contributed by atoms with Gasteiger partial charge in [0.15, 0.2) is 0 Å². The number of alkyl halides is 3. The molecule has 0 atom stereocenters. The summed E-state index contributed by atoms with van der Waals surface area (Å²) in [5.41, 5.74) is 1.76. The number of hydrogen-bond acceptors (Lipinski definition) is 7. The summed E-state index contributed by atoms with van der Waals surface area (Å²) in [6.07, 6.45) is -1.00. The van der Waals surface area contributed by atoms with Crippen LogP contribution in [0.5, 0.6) is 5.75 Å². The number of aliphatic hydroxyl groups excluding tert-OH is 1. The normalized spacial score (nSPS) is 11.2. The third-order valence-electron chi connectivity index (χ3n) is 3.66. The number of halogens is 3. The van der Waals surface area contributed by atoms with E-state index in [9.17, 15) is 13.2 Å². The Morgan fingerprint density at radius 2 is 1.83 bits per heavy atom. The van der Waals surface area contributed by atoms with Crippen molar-refractivity contribution in [2.24, 2.45) is 0 Å². The summed E-state index contributed by atoms with van der Waals surface area (Å²) < 4.78 is 41.3. The van der Waals surface area contributed by atoms with Gasteiger partial charge in [0.05, 0.1) is 5.69 Å². The minimum Gasteiger partial charge on any atom is -0.406 e. The Labute approximate surface area is 164 Å². The number of aliphatic hydroxyl groups is 1. The highest BCUT2D eigenvalue weighted by atomic mass is 19.4. The molecule has 3 N–H and O–H groups in total. The Morgan fingerprint density at radius 1 is 1.03 bits per heavy atom. The van der Waals surface area contributed by atoms with Gasteiger partial charge in [-0.1, -0.05) is 6.07 Å². The van der Waals surface area contributed by atoms with Gasteiger partial charge >= 0.3 is 6.36 Å².